The molecule has 0 radical (unpaired) electrons. The zero-order valence-corrected chi connectivity index (χ0v) is 41.3. The summed E-state index contributed by atoms with van der Waals surface area (Å²) in [5.74, 6) is -13.5. The molecule has 0 spiro atoms. The molecule has 0 aliphatic carbocycles. The van der Waals surface area contributed by atoms with Crippen LogP contribution in [0.1, 0.15) is 69.9 Å². The molecule has 0 fully saturated rings. The first-order chi connectivity index (χ1) is 32.5. The van der Waals surface area contributed by atoms with Crippen molar-refractivity contribution in [2.24, 2.45) is 0 Å². The van der Waals surface area contributed by atoms with E-state index in [-0.39, 0.29) is 61.8 Å². The van der Waals surface area contributed by atoms with Gasteiger partial charge in [-0.1, -0.05) is 24.6 Å². The predicted octanol–water partition coefficient (Wildman–Crippen LogP) is 6.63. The summed E-state index contributed by atoms with van der Waals surface area (Å²) in [6.45, 7) is 4.53. The highest BCUT2D eigenvalue weighted by atomic mass is 32.2. The first-order valence-electron chi connectivity index (χ1n) is 21.2. The van der Waals surface area contributed by atoms with E-state index in [9.17, 15) is 69.7 Å². The molecule has 5 rings (SSSR count). The van der Waals surface area contributed by atoms with E-state index in [1.807, 2.05) is 16.4 Å². The van der Waals surface area contributed by atoms with Gasteiger partial charge in [0.05, 0.1) is 21.0 Å². The highest BCUT2D eigenvalue weighted by molar-refractivity contribution is 7.86. The minimum absolute atomic E-state index is 0.0131. The van der Waals surface area contributed by atoms with Crippen molar-refractivity contribution in [3.8, 4) is 5.75 Å². The van der Waals surface area contributed by atoms with Crippen LogP contribution >= 0.6 is 0 Å². The van der Waals surface area contributed by atoms with Gasteiger partial charge in [-0.25, -0.2) is 8.78 Å². The number of hydrogen-bond donors (Lipinski definition) is 4. The highest BCUT2D eigenvalue weighted by Crippen LogP contribution is 2.51. The van der Waals surface area contributed by atoms with Gasteiger partial charge in [0.2, 0.25) is 23.1 Å². The molecule has 4 N–H and O–H groups in total. The number of hydrogen-bond acceptors (Lipinski definition) is 13. The van der Waals surface area contributed by atoms with Gasteiger partial charge in [-0.05, 0) is 87.9 Å². The molecule has 26 heteroatoms. The Labute approximate surface area is 402 Å². The number of fused-ring (bicyclic) bond motifs is 2. The molecule has 2 aliphatic heterocycles. The van der Waals surface area contributed by atoms with Crippen LogP contribution in [0, 0.1) is 23.3 Å². The Kier molecular flexibility index (Phi) is 17.5. The van der Waals surface area contributed by atoms with Crippen molar-refractivity contribution in [1.29, 1.82) is 0 Å². The smallest absolute Gasteiger partial charge is 0.311 e. The summed E-state index contributed by atoms with van der Waals surface area (Å²) >= 11 is 0. The van der Waals surface area contributed by atoms with Gasteiger partial charge in [0.1, 0.15) is 6.61 Å². The second-order valence-electron chi connectivity index (χ2n) is 16.8. The fourth-order valence-corrected chi connectivity index (χ4v) is 10.8. The molecule has 2 atom stereocenters. The summed E-state index contributed by atoms with van der Waals surface area (Å²) in [7, 11) is -16.4. The quantitative estimate of drug-likeness (QED) is 0.0113. The molecular weight excluding hydrogens is 1020 g/mol. The summed E-state index contributed by atoms with van der Waals surface area (Å²) in [6, 6.07) is 8.15. The molecule has 3 aromatic rings. The largest absolute Gasteiger partial charge is 0.420 e. The van der Waals surface area contributed by atoms with Crippen LogP contribution in [-0.2, 0) is 65.6 Å². The summed E-state index contributed by atoms with van der Waals surface area (Å²) < 4.78 is 208. The molecule has 0 amide bonds. The van der Waals surface area contributed by atoms with Crippen molar-refractivity contribution in [2.45, 2.75) is 84.3 Å². The highest BCUT2D eigenvalue weighted by Gasteiger charge is 2.48. The number of benzene rings is 3. The van der Waals surface area contributed by atoms with E-state index in [1.165, 1.54) is 50.6 Å². The van der Waals surface area contributed by atoms with Crippen molar-refractivity contribution < 1.29 is 93.0 Å². The number of carbonyl (C=O) groups excluding carboxylic acids is 1. The van der Waals surface area contributed by atoms with Gasteiger partial charge in [-0.15, -0.1) is 0 Å². The molecular formula is C44H51F4N2O16S4+. The van der Waals surface area contributed by atoms with Crippen LogP contribution in [0.2, 0.25) is 0 Å². The van der Waals surface area contributed by atoms with Crippen molar-refractivity contribution >= 4 is 63.5 Å². The third-order valence-electron chi connectivity index (χ3n) is 12.1. The topological polar surface area (TPSA) is 268 Å². The number of carbonyl (C=O) groups is 1. The average Bonchev–Trinajstić information content (AvgIpc) is 3.63. The van der Waals surface area contributed by atoms with Gasteiger partial charge in [0.15, 0.2) is 28.8 Å². The lowest BCUT2D eigenvalue weighted by molar-refractivity contribution is -0.441. The zero-order chi connectivity index (χ0) is 52.2. The van der Waals surface area contributed by atoms with Crippen LogP contribution < -0.4 is 9.64 Å². The van der Waals surface area contributed by atoms with Crippen LogP contribution in [0.25, 0.3) is 0 Å². The van der Waals surface area contributed by atoms with Gasteiger partial charge >= 0.3 is 16.1 Å². The van der Waals surface area contributed by atoms with Gasteiger partial charge < -0.3 is 19.1 Å². The van der Waals surface area contributed by atoms with Crippen molar-refractivity contribution in [2.75, 3.05) is 51.2 Å². The minimum Gasteiger partial charge on any atom is -0.420 e. The Morgan fingerprint density at radius 1 is 0.700 bits per heavy atom. The van der Waals surface area contributed by atoms with Crippen LogP contribution in [0.15, 0.2) is 87.2 Å². The van der Waals surface area contributed by atoms with Crippen molar-refractivity contribution in [1.82, 2.24) is 0 Å². The van der Waals surface area contributed by atoms with E-state index in [1.54, 1.807) is 37.3 Å². The Morgan fingerprint density at radius 3 is 1.87 bits per heavy atom. The van der Waals surface area contributed by atoms with Crippen LogP contribution in [-0.4, -0.2) is 114 Å². The molecule has 0 bridgehead atoms. The monoisotopic (exact) mass is 1070 g/mol. The van der Waals surface area contributed by atoms with Gasteiger partial charge in [-0.2, -0.15) is 47.0 Å². The first-order valence-corrected chi connectivity index (χ1v) is 27.1. The van der Waals surface area contributed by atoms with Gasteiger partial charge in [-0.3, -0.25) is 23.0 Å². The number of halogens is 4. The standard InChI is InChI=1S/C44H50F4N2O16S4/c1-43(19-11-25-67(52,53)54)30-26-28(68(55,56)57)16-18-33(30)50(22-24-65-4)34(43)12-7-5-8-13-35-44(2,20-23-64-3)31-27-29(69(58,59)60)15-17-32(31)49(35)21-10-6-9-14-36(51)66-41-37(45)39(47)42(70(61,62)63)40(48)38(41)46/h5,7-8,12-13,15-18,26-27H,6,9-11,14,19-25H2,1-4H3,(H3-,52,53,54,55,56,57,58,59,60,61,62,63)/p+1. The number of methoxy groups -OCH3 is 2. The summed E-state index contributed by atoms with van der Waals surface area (Å²) in [6.07, 6.45) is 9.00. The van der Waals surface area contributed by atoms with E-state index < -0.39 is 103 Å². The number of ether oxygens (including phenoxy) is 3. The second-order valence-corrected chi connectivity index (χ2v) is 22.5. The predicted molar refractivity (Wildman–Crippen MR) is 245 cm³/mol. The molecule has 0 saturated carbocycles. The molecule has 70 heavy (non-hydrogen) atoms. The normalized spacial score (nSPS) is 19.3. The maximum atomic E-state index is 14.5. The second kappa shape index (κ2) is 21.8. The summed E-state index contributed by atoms with van der Waals surface area (Å²) in [4.78, 5) is 11.4. The molecule has 0 saturated heterocycles. The molecule has 18 nitrogen and oxygen atoms in total. The van der Waals surface area contributed by atoms with Crippen molar-refractivity contribution in [3.63, 3.8) is 0 Å². The number of unbranched alkanes of at least 4 members (excludes halogenated alkanes) is 2. The SMILES string of the molecule is COCC[N+]1=C(C=CC=CC=C2N(CCCCCC(=O)Oc3c(F)c(F)c(S(=O)(=O)O)c(F)c3F)c3ccc(S(=O)(=O)O)cc3C2(C)CCOC)C(C)(CCCS(=O)(=O)O)c2cc(S(=O)(=O)O)ccc21. The van der Waals surface area contributed by atoms with Crippen molar-refractivity contribution in [3.05, 3.63) is 107 Å². The number of anilines is 1. The number of rotatable bonds is 23. The third-order valence-corrected chi connectivity index (χ3v) is 15.4. The van der Waals surface area contributed by atoms with Crippen LogP contribution in [0.3, 0.4) is 0 Å². The van der Waals surface area contributed by atoms with Crippen LogP contribution in [0.5, 0.6) is 5.75 Å². The van der Waals surface area contributed by atoms with Gasteiger partial charge in [0.25, 0.3) is 30.4 Å². The Hall–Kier alpha value is -4.90. The number of esters is 1. The zero-order valence-electron chi connectivity index (χ0n) is 38.1. The molecule has 2 aliphatic rings. The Bertz CT molecular complexity index is 3100. The number of allylic oxidation sites excluding steroid dienone is 6. The van der Waals surface area contributed by atoms with E-state index in [0.29, 0.717) is 46.8 Å². The molecule has 3 aromatic carbocycles. The van der Waals surface area contributed by atoms with E-state index in [0.717, 1.165) is 0 Å². The average molecular weight is 1070 g/mol. The number of nitrogens with zero attached hydrogens (tertiary/aromatic N) is 2. The minimum atomic E-state index is -5.74. The van der Waals surface area contributed by atoms with Crippen LogP contribution in [0.4, 0.5) is 28.9 Å². The van der Waals surface area contributed by atoms with Gasteiger partial charge in [0, 0.05) is 68.3 Å². The molecule has 2 heterocycles. The lowest BCUT2D eigenvalue weighted by Crippen LogP contribution is -2.32. The third kappa shape index (κ3) is 12.4. The summed E-state index contributed by atoms with van der Waals surface area (Å²) in [5.41, 5.74) is 1.34. The molecule has 0 aromatic heterocycles. The molecule has 2 unspecified atom stereocenters. The summed E-state index contributed by atoms with van der Waals surface area (Å²) in [5, 5.41) is 0. The maximum Gasteiger partial charge on any atom is 0.311 e. The molecule has 384 valence electrons. The fraction of sp³-hybridized carbons (Fsp3) is 0.409. The Morgan fingerprint density at radius 2 is 1.30 bits per heavy atom. The fourth-order valence-electron chi connectivity index (χ4n) is 8.63. The maximum absolute atomic E-state index is 14.5. The lowest BCUT2D eigenvalue weighted by atomic mass is 9.76. The van der Waals surface area contributed by atoms with E-state index in [4.69, 9.17) is 14.0 Å². The lowest BCUT2D eigenvalue weighted by Gasteiger charge is -2.30. The first kappa shape index (κ1) is 56.0. The Balaban J connectivity index is 1.46. The van der Waals surface area contributed by atoms with E-state index >= 15 is 0 Å². The van der Waals surface area contributed by atoms with E-state index in [2.05, 4.69) is 4.74 Å².